The highest BCUT2D eigenvalue weighted by molar-refractivity contribution is 6.04. The van der Waals surface area contributed by atoms with Crippen molar-refractivity contribution in [3.05, 3.63) is 30.0 Å². The van der Waals surface area contributed by atoms with Crippen molar-refractivity contribution in [3.8, 4) is 0 Å². The molecule has 0 radical (unpaired) electrons. The Morgan fingerprint density at radius 2 is 2.10 bits per heavy atom. The number of benzene rings is 1. The van der Waals surface area contributed by atoms with Gasteiger partial charge in [-0.05, 0) is 37.4 Å². The molecule has 2 fully saturated rings. The molecule has 2 N–H and O–H groups in total. The van der Waals surface area contributed by atoms with E-state index in [0.717, 1.165) is 49.4 Å². The number of piperidine rings is 1. The minimum Gasteiger partial charge on any atom is -0.337 e. The Morgan fingerprint density at radius 3 is 3.05 bits per heavy atom. The van der Waals surface area contributed by atoms with E-state index in [1.807, 2.05) is 29.2 Å². The summed E-state index contributed by atoms with van der Waals surface area (Å²) in [5, 5.41) is 11.5. The van der Waals surface area contributed by atoms with Crippen molar-refractivity contribution in [1.82, 2.24) is 20.4 Å². The first-order chi connectivity index (χ1) is 9.83. The van der Waals surface area contributed by atoms with Crippen molar-refractivity contribution in [2.45, 2.75) is 6.42 Å². The number of aromatic nitrogens is 2. The van der Waals surface area contributed by atoms with Crippen molar-refractivity contribution in [1.29, 1.82) is 0 Å². The first-order valence-corrected chi connectivity index (χ1v) is 7.26. The smallest absolute Gasteiger partial charge is 0.275 e. The summed E-state index contributed by atoms with van der Waals surface area (Å²) >= 11 is 0. The van der Waals surface area contributed by atoms with Crippen LogP contribution < -0.4 is 5.32 Å². The van der Waals surface area contributed by atoms with Crippen LogP contribution in [0.15, 0.2) is 24.3 Å². The van der Waals surface area contributed by atoms with Gasteiger partial charge in [0.1, 0.15) is 0 Å². The molecule has 2 atom stereocenters. The number of carbonyl (C=O) groups is 1. The maximum absolute atomic E-state index is 12.7. The van der Waals surface area contributed by atoms with E-state index in [0.29, 0.717) is 11.6 Å². The second kappa shape index (κ2) is 4.59. The molecule has 1 amide bonds. The van der Waals surface area contributed by atoms with Crippen LogP contribution in [0.5, 0.6) is 0 Å². The zero-order valence-corrected chi connectivity index (χ0v) is 11.3. The number of fused-ring (bicyclic) bond motifs is 2. The Morgan fingerprint density at radius 1 is 1.25 bits per heavy atom. The number of H-pyrrole nitrogens is 1. The molecule has 20 heavy (non-hydrogen) atoms. The lowest BCUT2D eigenvalue weighted by Gasteiger charge is -2.34. The van der Waals surface area contributed by atoms with Crippen molar-refractivity contribution >= 4 is 16.8 Å². The predicted molar refractivity (Wildman–Crippen MR) is 76.5 cm³/mol. The highest BCUT2D eigenvalue weighted by Crippen LogP contribution is 2.28. The molecule has 2 unspecified atom stereocenters. The molecule has 1 aromatic carbocycles. The van der Waals surface area contributed by atoms with E-state index < -0.39 is 0 Å². The number of para-hydroxylation sites is 1. The second-order valence-electron chi connectivity index (χ2n) is 5.84. The van der Waals surface area contributed by atoms with Gasteiger partial charge in [-0.1, -0.05) is 18.2 Å². The van der Waals surface area contributed by atoms with Crippen LogP contribution in [-0.4, -0.2) is 47.2 Å². The summed E-state index contributed by atoms with van der Waals surface area (Å²) in [5.74, 6) is 1.42. The average Bonchev–Trinajstić information content (AvgIpc) is 3.12. The van der Waals surface area contributed by atoms with Crippen LogP contribution >= 0.6 is 0 Å². The van der Waals surface area contributed by atoms with Crippen molar-refractivity contribution in [3.63, 3.8) is 0 Å². The molecule has 0 aliphatic carbocycles. The third kappa shape index (κ3) is 1.81. The van der Waals surface area contributed by atoms with Gasteiger partial charge in [-0.3, -0.25) is 9.89 Å². The fourth-order valence-corrected chi connectivity index (χ4v) is 3.50. The van der Waals surface area contributed by atoms with E-state index in [2.05, 4.69) is 15.5 Å². The zero-order valence-electron chi connectivity index (χ0n) is 11.3. The fourth-order valence-electron chi connectivity index (χ4n) is 3.50. The summed E-state index contributed by atoms with van der Waals surface area (Å²) in [7, 11) is 0. The first kappa shape index (κ1) is 11.9. The van der Waals surface area contributed by atoms with E-state index in [9.17, 15) is 4.79 Å². The Kier molecular flexibility index (Phi) is 2.73. The fraction of sp³-hybridized carbons (Fsp3) is 0.467. The van der Waals surface area contributed by atoms with Crippen molar-refractivity contribution < 1.29 is 4.79 Å². The maximum Gasteiger partial charge on any atom is 0.275 e. The molecule has 4 rings (SSSR count). The van der Waals surface area contributed by atoms with E-state index in [1.54, 1.807) is 0 Å². The number of aromatic amines is 1. The standard InChI is InChI=1S/C15H18N4O/c20-15(14-12-3-1-2-4-13(12)17-18-14)19-6-5-10-7-16-8-11(10)9-19/h1-4,10-11,16H,5-9H2,(H,17,18). The maximum atomic E-state index is 12.7. The highest BCUT2D eigenvalue weighted by atomic mass is 16.2. The van der Waals surface area contributed by atoms with Gasteiger partial charge in [0.15, 0.2) is 5.69 Å². The van der Waals surface area contributed by atoms with Crippen LogP contribution in [0, 0.1) is 11.8 Å². The Bertz CT molecular complexity index is 650. The van der Waals surface area contributed by atoms with Gasteiger partial charge in [0.25, 0.3) is 5.91 Å². The minimum atomic E-state index is 0.0628. The summed E-state index contributed by atoms with van der Waals surface area (Å²) in [5.41, 5.74) is 1.48. The number of nitrogens with one attached hydrogen (secondary N) is 2. The van der Waals surface area contributed by atoms with Crippen LogP contribution in [0.2, 0.25) is 0 Å². The molecule has 5 nitrogen and oxygen atoms in total. The van der Waals surface area contributed by atoms with Gasteiger partial charge >= 0.3 is 0 Å². The van der Waals surface area contributed by atoms with Gasteiger partial charge in [0.05, 0.1) is 5.52 Å². The lowest BCUT2D eigenvalue weighted by Crippen LogP contribution is -2.43. The van der Waals surface area contributed by atoms with Gasteiger partial charge < -0.3 is 10.2 Å². The number of hydrogen-bond acceptors (Lipinski definition) is 3. The Hall–Kier alpha value is -1.88. The molecule has 104 valence electrons. The van der Waals surface area contributed by atoms with Crippen LogP contribution in [-0.2, 0) is 0 Å². The van der Waals surface area contributed by atoms with Crippen LogP contribution in [0.1, 0.15) is 16.9 Å². The average molecular weight is 270 g/mol. The predicted octanol–water partition coefficient (Wildman–Crippen LogP) is 1.24. The lowest BCUT2D eigenvalue weighted by atomic mass is 9.88. The highest BCUT2D eigenvalue weighted by Gasteiger charge is 2.35. The summed E-state index contributed by atoms with van der Waals surface area (Å²) < 4.78 is 0. The van der Waals surface area contributed by atoms with E-state index >= 15 is 0 Å². The number of nitrogens with zero attached hydrogens (tertiary/aromatic N) is 2. The van der Waals surface area contributed by atoms with Gasteiger partial charge in [-0.15, -0.1) is 0 Å². The number of hydrogen-bond donors (Lipinski definition) is 2. The SMILES string of the molecule is O=C(c1n[nH]c2ccccc12)N1CCC2CNCC2C1. The van der Waals surface area contributed by atoms with Crippen molar-refractivity contribution in [2.75, 3.05) is 26.2 Å². The largest absolute Gasteiger partial charge is 0.337 e. The molecule has 2 saturated heterocycles. The molecule has 2 aromatic rings. The molecule has 5 heteroatoms. The van der Waals surface area contributed by atoms with Crippen molar-refractivity contribution in [2.24, 2.45) is 11.8 Å². The second-order valence-corrected chi connectivity index (χ2v) is 5.84. The van der Waals surface area contributed by atoms with Gasteiger partial charge in [-0.2, -0.15) is 5.10 Å². The number of amides is 1. The normalized spacial score (nSPS) is 25.9. The molecule has 0 bridgehead atoms. The third-order valence-corrected chi connectivity index (χ3v) is 4.66. The zero-order chi connectivity index (χ0) is 13.5. The molecule has 3 heterocycles. The number of rotatable bonds is 1. The molecule has 2 aliphatic rings. The number of likely N-dealkylation sites (tertiary alicyclic amines) is 1. The molecular formula is C15H18N4O. The van der Waals surface area contributed by atoms with E-state index in [-0.39, 0.29) is 5.91 Å². The molecule has 0 saturated carbocycles. The summed E-state index contributed by atoms with van der Waals surface area (Å²) in [4.78, 5) is 14.7. The van der Waals surface area contributed by atoms with Gasteiger partial charge in [0, 0.05) is 18.5 Å². The summed E-state index contributed by atoms with van der Waals surface area (Å²) in [6.07, 6.45) is 1.10. The van der Waals surface area contributed by atoms with Crippen LogP contribution in [0.4, 0.5) is 0 Å². The molecular weight excluding hydrogens is 252 g/mol. The summed E-state index contributed by atoms with van der Waals surface area (Å²) in [6.45, 7) is 3.86. The lowest BCUT2D eigenvalue weighted by molar-refractivity contribution is 0.0638. The summed E-state index contributed by atoms with van der Waals surface area (Å²) in [6, 6.07) is 7.80. The Balaban J connectivity index is 1.61. The molecule has 1 aromatic heterocycles. The van der Waals surface area contributed by atoms with Gasteiger partial charge in [0.2, 0.25) is 0 Å². The first-order valence-electron chi connectivity index (χ1n) is 7.26. The van der Waals surface area contributed by atoms with Gasteiger partial charge in [-0.25, -0.2) is 0 Å². The quantitative estimate of drug-likeness (QED) is 0.819. The topological polar surface area (TPSA) is 61.0 Å². The van der Waals surface area contributed by atoms with E-state index in [1.165, 1.54) is 0 Å². The Labute approximate surface area is 117 Å². The number of carbonyl (C=O) groups excluding carboxylic acids is 1. The monoisotopic (exact) mass is 270 g/mol. The molecule has 2 aliphatic heterocycles. The molecule has 0 spiro atoms. The van der Waals surface area contributed by atoms with E-state index in [4.69, 9.17) is 0 Å². The van der Waals surface area contributed by atoms with Crippen LogP contribution in [0.25, 0.3) is 10.9 Å². The van der Waals surface area contributed by atoms with Crippen LogP contribution in [0.3, 0.4) is 0 Å². The minimum absolute atomic E-state index is 0.0628. The third-order valence-electron chi connectivity index (χ3n) is 4.66.